The molecule has 0 bridgehead atoms. The Labute approximate surface area is 146 Å². The van der Waals surface area contributed by atoms with Crippen molar-refractivity contribution in [3.63, 3.8) is 0 Å². The molecular weight excluding hydrogens is 347 g/mol. The number of anilines is 1. The summed E-state index contributed by atoms with van der Waals surface area (Å²) in [7, 11) is -2.34. The van der Waals surface area contributed by atoms with E-state index in [-0.39, 0.29) is 17.3 Å². The minimum atomic E-state index is -3.77. The Hall–Kier alpha value is -2.29. The van der Waals surface area contributed by atoms with Gasteiger partial charge < -0.3 is 10.1 Å². The van der Waals surface area contributed by atoms with E-state index in [1.54, 1.807) is 6.07 Å². The van der Waals surface area contributed by atoms with Gasteiger partial charge in [0.05, 0.1) is 11.0 Å². The van der Waals surface area contributed by atoms with Gasteiger partial charge in [0.15, 0.2) is 0 Å². The number of carbonyl (C=O) groups is 1. The van der Waals surface area contributed by atoms with Crippen molar-refractivity contribution in [1.82, 2.24) is 4.72 Å². The summed E-state index contributed by atoms with van der Waals surface area (Å²) in [6.45, 7) is 1.32. The number of halogens is 1. The third kappa shape index (κ3) is 5.35. The number of nitrogens with one attached hydrogen (secondary N) is 2. The van der Waals surface area contributed by atoms with E-state index in [4.69, 9.17) is 4.74 Å². The summed E-state index contributed by atoms with van der Waals surface area (Å²) in [4.78, 5) is 11.0. The average molecular weight is 366 g/mol. The maximum Gasteiger partial charge on any atom is 0.240 e. The van der Waals surface area contributed by atoms with E-state index in [9.17, 15) is 17.6 Å². The summed E-state index contributed by atoms with van der Waals surface area (Å²) in [5, 5.41) is 2.56. The van der Waals surface area contributed by atoms with Crippen LogP contribution in [0.1, 0.15) is 18.6 Å². The fourth-order valence-electron chi connectivity index (χ4n) is 2.23. The number of rotatable bonds is 7. The topological polar surface area (TPSA) is 84.5 Å². The second-order valence-electron chi connectivity index (χ2n) is 5.34. The van der Waals surface area contributed by atoms with Gasteiger partial charge in [0.25, 0.3) is 0 Å². The molecule has 6 nitrogen and oxygen atoms in total. The lowest BCUT2D eigenvalue weighted by molar-refractivity contribution is -0.114. The summed E-state index contributed by atoms with van der Waals surface area (Å²) >= 11 is 0. The number of benzene rings is 2. The maximum absolute atomic E-state index is 13.3. The summed E-state index contributed by atoms with van der Waals surface area (Å²) < 4.78 is 45.7. The number of carbonyl (C=O) groups excluding carboxylic acids is 1. The van der Waals surface area contributed by atoms with Crippen LogP contribution < -0.4 is 10.0 Å². The van der Waals surface area contributed by atoms with E-state index in [2.05, 4.69) is 10.0 Å². The molecule has 1 atom stereocenters. The highest BCUT2D eigenvalue weighted by Gasteiger charge is 2.18. The van der Waals surface area contributed by atoms with Crippen LogP contribution in [-0.4, -0.2) is 28.0 Å². The normalized spacial score (nSPS) is 12.6. The minimum absolute atomic E-state index is 0.0459. The standard InChI is InChI=1S/C17H19FN2O4S/c1-12(21)20-15-6-8-16(9-7-15)25(22,23)19-11-17(24-2)13-4-3-5-14(18)10-13/h3-10,17,19H,11H2,1-2H3,(H,20,21). The third-order valence-electron chi connectivity index (χ3n) is 3.45. The van der Waals surface area contributed by atoms with Crippen LogP contribution in [0.25, 0.3) is 0 Å². The van der Waals surface area contributed by atoms with Crippen LogP contribution in [0.15, 0.2) is 53.4 Å². The molecule has 0 spiro atoms. The van der Waals surface area contributed by atoms with Gasteiger partial charge in [0, 0.05) is 26.3 Å². The molecule has 2 aromatic rings. The largest absolute Gasteiger partial charge is 0.375 e. The van der Waals surface area contributed by atoms with Crippen LogP contribution >= 0.6 is 0 Å². The van der Waals surface area contributed by atoms with E-state index in [0.717, 1.165) is 0 Å². The average Bonchev–Trinajstić information content (AvgIpc) is 2.55. The van der Waals surface area contributed by atoms with E-state index in [1.165, 1.54) is 56.5 Å². The van der Waals surface area contributed by atoms with E-state index in [0.29, 0.717) is 11.3 Å². The van der Waals surface area contributed by atoms with Crippen molar-refractivity contribution < 1.29 is 22.3 Å². The molecule has 0 saturated heterocycles. The van der Waals surface area contributed by atoms with Crippen LogP contribution in [0, 0.1) is 5.82 Å². The van der Waals surface area contributed by atoms with Crippen molar-refractivity contribution in [2.75, 3.05) is 19.0 Å². The molecule has 2 aromatic carbocycles. The molecule has 0 aliphatic heterocycles. The first-order valence-electron chi connectivity index (χ1n) is 7.47. The fourth-order valence-corrected chi connectivity index (χ4v) is 3.27. The number of hydrogen-bond donors (Lipinski definition) is 2. The molecule has 1 amide bonds. The number of hydrogen-bond acceptors (Lipinski definition) is 4. The molecule has 2 N–H and O–H groups in total. The second kappa shape index (κ2) is 8.19. The van der Waals surface area contributed by atoms with Crippen molar-refractivity contribution in [3.05, 3.63) is 59.9 Å². The summed E-state index contributed by atoms with van der Waals surface area (Å²) in [6, 6.07) is 11.6. The zero-order valence-corrected chi connectivity index (χ0v) is 14.6. The van der Waals surface area contributed by atoms with Gasteiger partial charge in [0.2, 0.25) is 15.9 Å². The van der Waals surface area contributed by atoms with Crippen molar-refractivity contribution >= 4 is 21.6 Å². The predicted molar refractivity (Wildman–Crippen MR) is 92.1 cm³/mol. The first-order chi connectivity index (χ1) is 11.8. The number of ether oxygens (including phenoxy) is 1. The molecular formula is C17H19FN2O4S. The Morgan fingerprint density at radius 3 is 2.44 bits per heavy atom. The summed E-state index contributed by atoms with van der Waals surface area (Å²) in [6.07, 6.45) is -0.621. The van der Waals surface area contributed by atoms with Gasteiger partial charge >= 0.3 is 0 Å². The molecule has 0 fully saturated rings. The maximum atomic E-state index is 13.3. The van der Waals surface area contributed by atoms with Crippen LogP contribution in [0.5, 0.6) is 0 Å². The molecule has 0 aliphatic rings. The predicted octanol–water partition coefficient (Wildman–Crippen LogP) is 2.45. The van der Waals surface area contributed by atoms with Gasteiger partial charge in [-0.25, -0.2) is 17.5 Å². The highest BCUT2D eigenvalue weighted by atomic mass is 32.2. The number of sulfonamides is 1. The van der Waals surface area contributed by atoms with E-state index < -0.39 is 21.9 Å². The molecule has 0 aromatic heterocycles. The van der Waals surface area contributed by atoms with Crippen molar-refractivity contribution in [2.24, 2.45) is 0 Å². The van der Waals surface area contributed by atoms with E-state index >= 15 is 0 Å². The van der Waals surface area contributed by atoms with Crippen molar-refractivity contribution in [1.29, 1.82) is 0 Å². The first kappa shape index (κ1) is 19.0. The fraction of sp³-hybridized carbons (Fsp3) is 0.235. The number of amides is 1. The van der Waals surface area contributed by atoms with Gasteiger partial charge in [-0.3, -0.25) is 4.79 Å². The zero-order valence-electron chi connectivity index (χ0n) is 13.8. The Morgan fingerprint density at radius 1 is 1.20 bits per heavy atom. The van der Waals surface area contributed by atoms with Crippen molar-refractivity contribution in [2.45, 2.75) is 17.9 Å². The molecule has 134 valence electrons. The number of methoxy groups -OCH3 is 1. The van der Waals surface area contributed by atoms with Gasteiger partial charge in [-0.05, 0) is 42.0 Å². The van der Waals surface area contributed by atoms with E-state index in [1.807, 2.05) is 0 Å². The molecule has 0 heterocycles. The third-order valence-corrected chi connectivity index (χ3v) is 4.89. The lowest BCUT2D eigenvalue weighted by atomic mass is 10.1. The van der Waals surface area contributed by atoms with Crippen LogP contribution in [0.4, 0.5) is 10.1 Å². The van der Waals surface area contributed by atoms with Gasteiger partial charge in [-0.1, -0.05) is 12.1 Å². The second-order valence-corrected chi connectivity index (χ2v) is 7.10. The molecule has 25 heavy (non-hydrogen) atoms. The Balaban J connectivity index is 2.08. The van der Waals surface area contributed by atoms with Gasteiger partial charge in [0.1, 0.15) is 5.82 Å². The smallest absolute Gasteiger partial charge is 0.240 e. The van der Waals surface area contributed by atoms with Gasteiger partial charge in [-0.2, -0.15) is 0 Å². The Morgan fingerprint density at radius 2 is 1.88 bits per heavy atom. The van der Waals surface area contributed by atoms with Crippen LogP contribution in [0.3, 0.4) is 0 Å². The lowest BCUT2D eigenvalue weighted by Gasteiger charge is -2.17. The first-order valence-corrected chi connectivity index (χ1v) is 8.96. The highest BCUT2D eigenvalue weighted by molar-refractivity contribution is 7.89. The zero-order chi connectivity index (χ0) is 18.4. The van der Waals surface area contributed by atoms with Crippen LogP contribution in [0.2, 0.25) is 0 Å². The monoisotopic (exact) mass is 366 g/mol. The van der Waals surface area contributed by atoms with Gasteiger partial charge in [-0.15, -0.1) is 0 Å². The molecule has 0 saturated carbocycles. The SMILES string of the molecule is COC(CNS(=O)(=O)c1ccc(NC(C)=O)cc1)c1cccc(F)c1. The Bertz CT molecular complexity index is 838. The Kier molecular flexibility index (Phi) is 6.24. The van der Waals surface area contributed by atoms with Crippen LogP contribution in [-0.2, 0) is 19.6 Å². The highest BCUT2D eigenvalue weighted by Crippen LogP contribution is 2.19. The quantitative estimate of drug-likeness (QED) is 0.788. The molecule has 2 rings (SSSR count). The summed E-state index contributed by atoms with van der Waals surface area (Å²) in [5.41, 5.74) is 1.03. The molecule has 1 unspecified atom stereocenters. The lowest BCUT2D eigenvalue weighted by Crippen LogP contribution is -2.29. The molecule has 0 radical (unpaired) electrons. The molecule has 8 heteroatoms. The minimum Gasteiger partial charge on any atom is -0.375 e. The summed E-state index contributed by atoms with van der Waals surface area (Å²) in [5.74, 6) is -0.664. The van der Waals surface area contributed by atoms with Crippen molar-refractivity contribution in [3.8, 4) is 0 Å². The molecule has 0 aliphatic carbocycles.